The van der Waals surface area contributed by atoms with Crippen molar-refractivity contribution in [1.82, 2.24) is 0 Å². The maximum atomic E-state index is 12.1. The Balaban J connectivity index is 1.48. The summed E-state index contributed by atoms with van der Waals surface area (Å²) in [5.41, 5.74) is 1.34. The Labute approximate surface area is 252 Å². The number of rotatable bonds is 15. The van der Waals surface area contributed by atoms with Crippen molar-refractivity contribution in [2.45, 2.75) is 93.9 Å². The smallest absolute Gasteiger partial charge is 0.306 e. The van der Waals surface area contributed by atoms with Gasteiger partial charge in [0.05, 0.1) is 37.9 Å². The van der Waals surface area contributed by atoms with Gasteiger partial charge in [-0.1, -0.05) is 78.7 Å². The summed E-state index contributed by atoms with van der Waals surface area (Å²) >= 11 is 0. The lowest BCUT2D eigenvalue weighted by molar-refractivity contribution is -0.147. The van der Waals surface area contributed by atoms with Gasteiger partial charge >= 0.3 is 11.9 Å². The molecule has 42 heavy (non-hydrogen) atoms. The van der Waals surface area contributed by atoms with Gasteiger partial charge in [0.15, 0.2) is 0 Å². The molecule has 0 spiro atoms. The molecule has 2 atom stereocenters. The quantitative estimate of drug-likeness (QED) is 0.151. The van der Waals surface area contributed by atoms with Gasteiger partial charge in [0, 0.05) is 23.7 Å². The summed E-state index contributed by atoms with van der Waals surface area (Å²) in [6, 6.07) is 0. The van der Waals surface area contributed by atoms with Crippen LogP contribution >= 0.6 is 0 Å². The number of hydrogen-bond acceptors (Lipinski definition) is 8. The predicted octanol–water partition coefficient (Wildman–Crippen LogP) is 7.32. The lowest BCUT2D eigenvalue weighted by atomic mass is 9.62. The first-order valence-corrected chi connectivity index (χ1v) is 15.1. The molecule has 0 amide bonds. The summed E-state index contributed by atoms with van der Waals surface area (Å²) in [4.78, 5) is 24.3. The SMILES string of the molecule is CC(C)(C)C1(C)CC(CCC(=O)OCCOCCOCCOC(=O)CCC2=CC=C(O)C(C)(C(C)(C)C)C2)=CC=C1O. The minimum Gasteiger partial charge on any atom is -0.512 e. The molecule has 0 heterocycles. The van der Waals surface area contributed by atoms with Gasteiger partial charge < -0.3 is 29.2 Å². The Hall–Kier alpha value is -2.58. The maximum absolute atomic E-state index is 12.1. The van der Waals surface area contributed by atoms with Crippen molar-refractivity contribution >= 4 is 11.9 Å². The second-order valence-electron chi connectivity index (χ2n) is 13.9. The van der Waals surface area contributed by atoms with E-state index in [0.29, 0.717) is 50.4 Å². The fourth-order valence-electron chi connectivity index (χ4n) is 5.03. The summed E-state index contributed by atoms with van der Waals surface area (Å²) in [6.07, 6.45) is 10.5. The van der Waals surface area contributed by atoms with E-state index < -0.39 is 0 Å². The number of esters is 2. The highest BCUT2D eigenvalue weighted by molar-refractivity contribution is 5.70. The van der Waals surface area contributed by atoms with Crippen LogP contribution in [0.15, 0.2) is 47.0 Å². The zero-order valence-electron chi connectivity index (χ0n) is 27.1. The molecule has 2 aliphatic rings. The molecule has 8 heteroatoms. The molecule has 8 nitrogen and oxygen atoms in total. The van der Waals surface area contributed by atoms with Crippen LogP contribution in [0.4, 0.5) is 0 Å². The van der Waals surface area contributed by atoms with E-state index in [1.165, 1.54) is 0 Å². The summed E-state index contributed by atoms with van der Waals surface area (Å²) in [6.45, 7) is 18.4. The Kier molecular flexibility index (Phi) is 12.9. The van der Waals surface area contributed by atoms with E-state index in [-0.39, 0.29) is 72.9 Å². The molecular formula is C34H54O8. The number of aliphatic hydroxyl groups excluding tert-OH is 2. The Morgan fingerprint density at radius 2 is 0.976 bits per heavy atom. The molecule has 238 valence electrons. The highest BCUT2D eigenvalue weighted by Gasteiger charge is 2.43. The van der Waals surface area contributed by atoms with Gasteiger partial charge in [-0.05, 0) is 48.7 Å². The third kappa shape index (κ3) is 10.0. The van der Waals surface area contributed by atoms with E-state index in [4.69, 9.17) is 18.9 Å². The van der Waals surface area contributed by atoms with Crippen molar-refractivity contribution in [1.29, 1.82) is 0 Å². The average Bonchev–Trinajstić information content (AvgIpc) is 2.89. The molecule has 0 saturated carbocycles. The van der Waals surface area contributed by atoms with Crippen molar-refractivity contribution < 1.29 is 38.7 Å². The normalized spacial score (nSPS) is 23.0. The zero-order chi connectivity index (χ0) is 31.6. The zero-order valence-corrected chi connectivity index (χ0v) is 27.1. The molecule has 0 aromatic heterocycles. The van der Waals surface area contributed by atoms with Crippen LogP contribution < -0.4 is 0 Å². The Morgan fingerprint density at radius 3 is 1.31 bits per heavy atom. The number of aliphatic hydroxyl groups is 2. The Morgan fingerprint density at radius 1 is 0.643 bits per heavy atom. The molecule has 0 aliphatic heterocycles. The van der Waals surface area contributed by atoms with Crippen LogP contribution in [0.1, 0.15) is 93.9 Å². The molecule has 0 aromatic rings. The van der Waals surface area contributed by atoms with Crippen LogP contribution in [0.5, 0.6) is 0 Å². The fraction of sp³-hybridized carbons (Fsp3) is 0.706. The minimum absolute atomic E-state index is 0.105. The van der Waals surface area contributed by atoms with Gasteiger partial charge in [-0.25, -0.2) is 0 Å². The molecule has 0 bridgehead atoms. The van der Waals surface area contributed by atoms with Gasteiger partial charge in [-0.3, -0.25) is 9.59 Å². The lowest BCUT2D eigenvalue weighted by Gasteiger charge is -2.43. The van der Waals surface area contributed by atoms with Crippen LogP contribution in [0.2, 0.25) is 0 Å². The van der Waals surface area contributed by atoms with Crippen molar-refractivity contribution in [3.8, 4) is 0 Å². The molecule has 2 N–H and O–H groups in total. The molecule has 2 aliphatic carbocycles. The topological polar surface area (TPSA) is 112 Å². The molecule has 2 rings (SSSR count). The van der Waals surface area contributed by atoms with Gasteiger partial charge in [0.25, 0.3) is 0 Å². The molecule has 0 aromatic carbocycles. The third-order valence-electron chi connectivity index (χ3n) is 9.21. The maximum Gasteiger partial charge on any atom is 0.306 e. The third-order valence-corrected chi connectivity index (χ3v) is 9.21. The van der Waals surface area contributed by atoms with Gasteiger partial charge in [-0.2, -0.15) is 0 Å². The van der Waals surface area contributed by atoms with E-state index in [2.05, 4.69) is 55.4 Å². The monoisotopic (exact) mass is 590 g/mol. The summed E-state index contributed by atoms with van der Waals surface area (Å²) in [7, 11) is 0. The summed E-state index contributed by atoms with van der Waals surface area (Å²) in [5, 5.41) is 20.8. The van der Waals surface area contributed by atoms with Crippen LogP contribution in [0.25, 0.3) is 0 Å². The van der Waals surface area contributed by atoms with E-state index in [1.807, 2.05) is 12.2 Å². The van der Waals surface area contributed by atoms with E-state index >= 15 is 0 Å². The van der Waals surface area contributed by atoms with Crippen LogP contribution in [0, 0.1) is 21.7 Å². The first-order chi connectivity index (χ1) is 19.5. The Bertz CT molecular complexity index is 968. The molecular weight excluding hydrogens is 536 g/mol. The summed E-state index contributed by atoms with van der Waals surface area (Å²) < 4.78 is 21.4. The first-order valence-electron chi connectivity index (χ1n) is 15.1. The van der Waals surface area contributed by atoms with Crippen molar-refractivity contribution in [3.05, 3.63) is 47.0 Å². The van der Waals surface area contributed by atoms with E-state index in [9.17, 15) is 19.8 Å². The second-order valence-corrected chi connectivity index (χ2v) is 13.9. The number of hydrogen-bond donors (Lipinski definition) is 2. The van der Waals surface area contributed by atoms with Gasteiger partial charge in [0.1, 0.15) is 13.2 Å². The highest BCUT2D eigenvalue weighted by Crippen LogP contribution is 2.51. The second kappa shape index (κ2) is 15.2. The largest absolute Gasteiger partial charge is 0.512 e. The average molecular weight is 591 g/mol. The lowest BCUT2D eigenvalue weighted by Crippen LogP contribution is -2.36. The van der Waals surface area contributed by atoms with Crippen molar-refractivity contribution in [2.24, 2.45) is 21.7 Å². The first kappa shape index (κ1) is 35.6. The summed E-state index contributed by atoms with van der Waals surface area (Å²) in [5.74, 6) is 0.228. The number of carbonyl (C=O) groups excluding carboxylic acids is 2. The predicted molar refractivity (Wildman–Crippen MR) is 164 cm³/mol. The van der Waals surface area contributed by atoms with E-state index in [0.717, 1.165) is 11.1 Å². The molecule has 2 unspecified atom stereocenters. The molecule has 0 saturated heterocycles. The number of ether oxygens (including phenoxy) is 4. The minimum atomic E-state index is -0.357. The van der Waals surface area contributed by atoms with Crippen LogP contribution in [-0.2, 0) is 28.5 Å². The van der Waals surface area contributed by atoms with Crippen LogP contribution in [-0.4, -0.2) is 61.8 Å². The number of carbonyl (C=O) groups is 2. The van der Waals surface area contributed by atoms with Crippen LogP contribution in [0.3, 0.4) is 0 Å². The van der Waals surface area contributed by atoms with E-state index in [1.54, 1.807) is 12.2 Å². The van der Waals surface area contributed by atoms with Gasteiger partial charge in [-0.15, -0.1) is 0 Å². The molecule has 0 fully saturated rings. The van der Waals surface area contributed by atoms with Crippen molar-refractivity contribution in [3.63, 3.8) is 0 Å². The fourth-order valence-corrected chi connectivity index (χ4v) is 5.03. The van der Waals surface area contributed by atoms with Gasteiger partial charge in [0.2, 0.25) is 0 Å². The van der Waals surface area contributed by atoms with Crippen molar-refractivity contribution in [2.75, 3.05) is 39.6 Å². The molecule has 0 radical (unpaired) electrons. The highest BCUT2D eigenvalue weighted by atomic mass is 16.6. The number of allylic oxidation sites excluding steroid dienone is 8. The standard InChI is InChI=1S/C34H54O8/c1-31(2,3)33(7)23-25(9-13-27(33)35)11-15-29(37)41-21-19-39-17-18-40-20-22-42-30(38)16-12-26-10-14-28(36)34(8,24-26)32(4,5)6/h9-10,13-14,35-36H,11-12,15-24H2,1-8H3.